The van der Waals surface area contributed by atoms with Gasteiger partial charge in [-0.3, -0.25) is 0 Å². The molecule has 2 rings (SSSR count). The van der Waals surface area contributed by atoms with Crippen molar-refractivity contribution >= 4 is 27.3 Å². The minimum atomic E-state index is 0.381. The number of aryl methyl sites for hydroxylation is 2. The number of nitrogens with one attached hydrogen (secondary N) is 1. The van der Waals surface area contributed by atoms with Crippen LogP contribution in [-0.2, 0) is 6.54 Å². The fraction of sp³-hybridized carbons (Fsp3) is 0.333. The minimum Gasteiger partial charge on any atom is -0.305 e. The average Bonchev–Trinajstić information content (AvgIpc) is 2.67. The van der Waals surface area contributed by atoms with Crippen LogP contribution in [0.3, 0.4) is 0 Å². The maximum absolute atomic E-state index is 3.56. The third-order valence-corrected chi connectivity index (χ3v) is 5.20. The monoisotopic (exact) mass is 323 g/mol. The molecule has 1 aromatic heterocycles. The molecule has 0 aliphatic heterocycles. The van der Waals surface area contributed by atoms with Crippen LogP contribution in [0, 0.1) is 13.8 Å². The summed E-state index contributed by atoms with van der Waals surface area (Å²) < 4.78 is 1.22. The summed E-state index contributed by atoms with van der Waals surface area (Å²) in [4.78, 5) is 2.72. The maximum atomic E-state index is 3.56. The first-order valence-electron chi connectivity index (χ1n) is 6.11. The predicted molar refractivity (Wildman–Crippen MR) is 83.2 cm³/mol. The molecule has 96 valence electrons. The van der Waals surface area contributed by atoms with Crippen molar-refractivity contribution in [3.05, 3.63) is 55.7 Å². The number of benzene rings is 1. The Kier molecular flexibility index (Phi) is 4.60. The van der Waals surface area contributed by atoms with Crippen LogP contribution < -0.4 is 5.32 Å². The maximum Gasteiger partial charge on any atom is 0.0314 e. The minimum absolute atomic E-state index is 0.381. The second kappa shape index (κ2) is 6.00. The third kappa shape index (κ3) is 3.44. The Balaban J connectivity index is 1.95. The van der Waals surface area contributed by atoms with Gasteiger partial charge in [-0.2, -0.15) is 0 Å². The van der Waals surface area contributed by atoms with Crippen LogP contribution in [0.15, 0.2) is 34.8 Å². The van der Waals surface area contributed by atoms with E-state index in [1.807, 2.05) is 11.3 Å². The van der Waals surface area contributed by atoms with Gasteiger partial charge in [0.05, 0.1) is 0 Å². The van der Waals surface area contributed by atoms with Gasteiger partial charge in [-0.05, 0) is 48.3 Å². The average molecular weight is 324 g/mol. The molecule has 0 bridgehead atoms. The number of thiophene rings is 1. The molecule has 0 radical (unpaired) electrons. The predicted octanol–water partition coefficient (Wildman–Crippen LogP) is 4.98. The molecule has 0 saturated carbocycles. The van der Waals surface area contributed by atoms with Crippen molar-refractivity contribution in [3.8, 4) is 0 Å². The summed E-state index contributed by atoms with van der Waals surface area (Å²) in [5.41, 5.74) is 2.65. The number of hydrogen-bond acceptors (Lipinski definition) is 2. The molecule has 0 saturated heterocycles. The van der Waals surface area contributed by atoms with E-state index in [1.54, 1.807) is 0 Å². The van der Waals surface area contributed by atoms with Crippen molar-refractivity contribution in [2.24, 2.45) is 0 Å². The van der Waals surface area contributed by atoms with Crippen molar-refractivity contribution in [1.82, 2.24) is 5.32 Å². The van der Waals surface area contributed by atoms with Gasteiger partial charge in [-0.25, -0.2) is 0 Å². The van der Waals surface area contributed by atoms with Gasteiger partial charge < -0.3 is 5.32 Å². The Morgan fingerprint density at radius 3 is 2.44 bits per heavy atom. The fourth-order valence-corrected chi connectivity index (χ4v) is 3.38. The lowest BCUT2D eigenvalue weighted by Gasteiger charge is -2.13. The molecule has 3 heteroatoms. The molecule has 0 spiro atoms. The molecule has 0 amide bonds. The van der Waals surface area contributed by atoms with Crippen molar-refractivity contribution < 1.29 is 0 Å². The standard InChI is InChI=1S/C15H18BrNS/c1-10-4-6-13(7-5-10)11(2)17-9-14-8-15(16)12(3)18-14/h4-8,11,17H,9H2,1-3H3. The Bertz CT molecular complexity index is 496. The molecular weight excluding hydrogens is 306 g/mol. The van der Waals surface area contributed by atoms with E-state index in [2.05, 4.69) is 72.3 Å². The van der Waals surface area contributed by atoms with E-state index < -0.39 is 0 Å². The number of rotatable bonds is 4. The molecule has 18 heavy (non-hydrogen) atoms. The van der Waals surface area contributed by atoms with Crippen molar-refractivity contribution in [1.29, 1.82) is 0 Å². The van der Waals surface area contributed by atoms with Crippen LogP contribution >= 0.6 is 27.3 Å². The largest absolute Gasteiger partial charge is 0.305 e. The Morgan fingerprint density at radius 2 is 1.89 bits per heavy atom. The lowest BCUT2D eigenvalue weighted by atomic mass is 10.1. The van der Waals surface area contributed by atoms with Crippen LogP contribution in [0.25, 0.3) is 0 Å². The van der Waals surface area contributed by atoms with Gasteiger partial charge in [-0.15, -0.1) is 11.3 Å². The highest BCUT2D eigenvalue weighted by molar-refractivity contribution is 9.10. The number of hydrogen-bond donors (Lipinski definition) is 1. The van der Waals surface area contributed by atoms with E-state index in [0.29, 0.717) is 6.04 Å². The Hall–Kier alpha value is -0.640. The topological polar surface area (TPSA) is 12.0 Å². The normalized spacial score (nSPS) is 12.7. The first-order valence-corrected chi connectivity index (χ1v) is 7.72. The third-order valence-electron chi connectivity index (χ3n) is 3.07. The van der Waals surface area contributed by atoms with Crippen LogP contribution in [0.1, 0.15) is 33.8 Å². The molecule has 0 aliphatic rings. The highest BCUT2D eigenvalue weighted by atomic mass is 79.9. The van der Waals surface area contributed by atoms with Crippen LogP contribution in [-0.4, -0.2) is 0 Å². The highest BCUT2D eigenvalue weighted by Crippen LogP contribution is 2.26. The summed E-state index contributed by atoms with van der Waals surface area (Å²) in [6, 6.07) is 11.3. The second-order valence-corrected chi connectivity index (χ2v) is 6.83. The molecule has 2 aromatic rings. The van der Waals surface area contributed by atoms with Crippen LogP contribution in [0.5, 0.6) is 0 Å². The molecule has 1 nitrogen and oxygen atoms in total. The molecule has 1 heterocycles. The van der Waals surface area contributed by atoms with Crippen LogP contribution in [0.4, 0.5) is 0 Å². The van der Waals surface area contributed by atoms with Gasteiger partial charge in [-0.1, -0.05) is 29.8 Å². The molecular formula is C15H18BrNS. The highest BCUT2D eigenvalue weighted by Gasteiger charge is 2.07. The summed E-state index contributed by atoms with van der Waals surface area (Å²) in [5.74, 6) is 0. The number of halogens is 1. The molecule has 1 aromatic carbocycles. The second-order valence-electron chi connectivity index (χ2n) is 4.63. The summed E-state index contributed by atoms with van der Waals surface area (Å²) in [5, 5.41) is 3.56. The Labute approximate surface area is 121 Å². The van der Waals surface area contributed by atoms with Gasteiger partial charge in [0.25, 0.3) is 0 Å². The van der Waals surface area contributed by atoms with Crippen molar-refractivity contribution in [2.75, 3.05) is 0 Å². The molecule has 0 aliphatic carbocycles. The summed E-state index contributed by atoms with van der Waals surface area (Å²) in [6.07, 6.45) is 0. The quantitative estimate of drug-likeness (QED) is 0.836. The first kappa shape index (κ1) is 13.8. The van der Waals surface area contributed by atoms with E-state index in [0.717, 1.165) is 6.54 Å². The first-order chi connectivity index (χ1) is 8.56. The van der Waals surface area contributed by atoms with Crippen molar-refractivity contribution in [2.45, 2.75) is 33.4 Å². The zero-order valence-electron chi connectivity index (χ0n) is 11.0. The summed E-state index contributed by atoms with van der Waals surface area (Å²) in [7, 11) is 0. The molecule has 0 fully saturated rings. The summed E-state index contributed by atoms with van der Waals surface area (Å²) >= 11 is 5.40. The van der Waals surface area contributed by atoms with Gasteiger partial charge in [0.15, 0.2) is 0 Å². The smallest absolute Gasteiger partial charge is 0.0314 e. The molecule has 1 N–H and O–H groups in total. The lowest BCUT2D eigenvalue weighted by molar-refractivity contribution is 0.579. The van der Waals surface area contributed by atoms with E-state index in [1.165, 1.54) is 25.4 Å². The summed E-state index contributed by atoms with van der Waals surface area (Å²) in [6.45, 7) is 7.39. The zero-order chi connectivity index (χ0) is 13.1. The van der Waals surface area contributed by atoms with Gasteiger partial charge >= 0.3 is 0 Å². The van der Waals surface area contributed by atoms with Gasteiger partial charge in [0.2, 0.25) is 0 Å². The fourth-order valence-electron chi connectivity index (χ4n) is 1.83. The van der Waals surface area contributed by atoms with Gasteiger partial charge in [0.1, 0.15) is 0 Å². The molecule has 1 atom stereocenters. The van der Waals surface area contributed by atoms with Crippen LogP contribution in [0.2, 0.25) is 0 Å². The zero-order valence-corrected chi connectivity index (χ0v) is 13.4. The van der Waals surface area contributed by atoms with E-state index in [9.17, 15) is 0 Å². The SMILES string of the molecule is Cc1ccc(C(C)NCc2cc(Br)c(C)s2)cc1. The van der Waals surface area contributed by atoms with E-state index in [-0.39, 0.29) is 0 Å². The van der Waals surface area contributed by atoms with Gasteiger partial charge in [0, 0.05) is 26.8 Å². The lowest BCUT2D eigenvalue weighted by Crippen LogP contribution is -2.17. The Morgan fingerprint density at radius 1 is 1.22 bits per heavy atom. The van der Waals surface area contributed by atoms with Crippen molar-refractivity contribution in [3.63, 3.8) is 0 Å². The van der Waals surface area contributed by atoms with E-state index >= 15 is 0 Å². The van der Waals surface area contributed by atoms with E-state index in [4.69, 9.17) is 0 Å². The molecule has 1 unspecified atom stereocenters.